The maximum atomic E-state index is 13.3. The molecule has 1 aromatic heterocycles. The number of alkyl halides is 3. The molecule has 0 saturated carbocycles. The van der Waals surface area contributed by atoms with Crippen LogP contribution in [0.4, 0.5) is 24.5 Å². The lowest BCUT2D eigenvalue weighted by Crippen LogP contribution is -2.59. The molecule has 4 N–H and O–H groups in total. The van der Waals surface area contributed by atoms with E-state index in [2.05, 4.69) is 26.1 Å². The van der Waals surface area contributed by atoms with E-state index >= 15 is 0 Å². The van der Waals surface area contributed by atoms with Crippen LogP contribution in [0.2, 0.25) is 5.02 Å². The van der Waals surface area contributed by atoms with Crippen LogP contribution in [0.15, 0.2) is 59.5 Å². The fourth-order valence-electron chi connectivity index (χ4n) is 3.76. The second-order valence-electron chi connectivity index (χ2n) is 8.37. The zero-order valence-corrected chi connectivity index (χ0v) is 19.9. The van der Waals surface area contributed by atoms with Gasteiger partial charge in [-0.1, -0.05) is 23.7 Å². The first kappa shape index (κ1) is 26.2. The smallest absolute Gasteiger partial charge is 0.378 e. The molecule has 13 heteroatoms. The molecule has 2 aromatic carbocycles. The summed E-state index contributed by atoms with van der Waals surface area (Å²) in [5.74, 6) is -1.12. The van der Waals surface area contributed by atoms with Crippen molar-refractivity contribution in [1.82, 2.24) is 20.8 Å². The van der Waals surface area contributed by atoms with Gasteiger partial charge >= 0.3 is 6.18 Å². The van der Waals surface area contributed by atoms with Gasteiger partial charge in [-0.05, 0) is 35.9 Å². The standard InChI is InChI=1S/C24H21ClF3N5O4/c25-16-3-6-19(18(10-16)24(26,27)28)31-17-4-1-14(2-5-17)11-29-22(36)23(7-8-37-13-23)32-21(35)15-9-20(34)33-30-12-15/h1-6,9-10,12,31H,7-8,11,13H2,(H,29,36)(H,32,35)(H,33,34)/t23-/m0/s1. The number of hydrogen-bond donors (Lipinski definition) is 4. The predicted octanol–water partition coefficient (Wildman–Crippen LogP) is 3.39. The number of nitrogens with zero attached hydrogens (tertiary/aromatic N) is 1. The van der Waals surface area contributed by atoms with Crippen molar-refractivity contribution < 1.29 is 27.5 Å². The minimum absolute atomic E-state index is 0.000261. The highest BCUT2D eigenvalue weighted by molar-refractivity contribution is 6.30. The number of amides is 2. The van der Waals surface area contributed by atoms with Crippen LogP contribution in [0.3, 0.4) is 0 Å². The van der Waals surface area contributed by atoms with E-state index in [0.29, 0.717) is 11.3 Å². The molecule has 0 bridgehead atoms. The average Bonchev–Trinajstić information content (AvgIpc) is 3.33. The van der Waals surface area contributed by atoms with Crippen LogP contribution in [0.25, 0.3) is 0 Å². The van der Waals surface area contributed by atoms with Gasteiger partial charge in [-0.3, -0.25) is 14.4 Å². The molecule has 37 heavy (non-hydrogen) atoms. The molecule has 1 saturated heterocycles. The summed E-state index contributed by atoms with van der Waals surface area (Å²) >= 11 is 5.72. The number of aromatic amines is 1. The van der Waals surface area contributed by atoms with Gasteiger partial charge in [0.25, 0.3) is 11.5 Å². The number of halogens is 4. The van der Waals surface area contributed by atoms with E-state index in [9.17, 15) is 27.6 Å². The van der Waals surface area contributed by atoms with Crippen molar-refractivity contribution in [1.29, 1.82) is 0 Å². The van der Waals surface area contributed by atoms with Crippen molar-refractivity contribution in [2.75, 3.05) is 18.5 Å². The van der Waals surface area contributed by atoms with Crippen molar-refractivity contribution in [3.8, 4) is 0 Å². The zero-order valence-electron chi connectivity index (χ0n) is 19.1. The molecule has 4 rings (SSSR count). The molecule has 1 atom stereocenters. The highest BCUT2D eigenvalue weighted by Gasteiger charge is 2.43. The van der Waals surface area contributed by atoms with E-state index in [0.717, 1.165) is 12.1 Å². The number of rotatable bonds is 7. The Morgan fingerprint density at radius 2 is 1.89 bits per heavy atom. The second kappa shape index (κ2) is 10.6. The summed E-state index contributed by atoms with van der Waals surface area (Å²) in [5, 5.41) is 13.9. The highest BCUT2D eigenvalue weighted by Crippen LogP contribution is 2.37. The molecule has 194 valence electrons. The normalized spacial score (nSPS) is 17.3. The first-order valence-corrected chi connectivity index (χ1v) is 11.4. The van der Waals surface area contributed by atoms with Gasteiger partial charge in [0.15, 0.2) is 0 Å². The van der Waals surface area contributed by atoms with Gasteiger partial charge < -0.3 is 20.7 Å². The fraction of sp³-hybridized carbons (Fsp3) is 0.250. The van der Waals surface area contributed by atoms with Crippen LogP contribution in [0.1, 0.15) is 27.9 Å². The van der Waals surface area contributed by atoms with Gasteiger partial charge in [0.2, 0.25) is 5.91 Å². The van der Waals surface area contributed by atoms with Gasteiger partial charge in [-0.25, -0.2) is 5.10 Å². The molecule has 0 spiro atoms. The zero-order chi connectivity index (χ0) is 26.6. The maximum absolute atomic E-state index is 13.3. The summed E-state index contributed by atoms with van der Waals surface area (Å²) in [7, 11) is 0. The monoisotopic (exact) mass is 535 g/mol. The number of carbonyl (C=O) groups is 2. The maximum Gasteiger partial charge on any atom is 0.418 e. The molecule has 0 unspecified atom stereocenters. The van der Waals surface area contributed by atoms with E-state index in [-0.39, 0.29) is 42.5 Å². The third kappa shape index (κ3) is 6.27. The Balaban J connectivity index is 1.40. The molecule has 0 aliphatic carbocycles. The Hall–Kier alpha value is -3.90. The molecule has 3 aromatic rings. The van der Waals surface area contributed by atoms with Gasteiger partial charge in [0, 0.05) is 36.3 Å². The first-order chi connectivity index (χ1) is 17.6. The van der Waals surface area contributed by atoms with E-state index in [1.54, 1.807) is 24.3 Å². The third-order valence-corrected chi connectivity index (χ3v) is 5.94. The van der Waals surface area contributed by atoms with Crippen LogP contribution in [0, 0.1) is 0 Å². The third-order valence-electron chi connectivity index (χ3n) is 5.71. The van der Waals surface area contributed by atoms with E-state index in [4.69, 9.17) is 16.3 Å². The SMILES string of the molecule is O=C(N[C@@]1(C(=O)NCc2ccc(Nc3ccc(Cl)cc3C(F)(F)F)cc2)CCOC1)c1cn[nH]c(=O)c1. The average molecular weight is 536 g/mol. The summed E-state index contributed by atoms with van der Waals surface area (Å²) in [6, 6.07) is 11.0. The van der Waals surface area contributed by atoms with Crippen molar-refractivity contribution in [2.24, 2.45) is 0 Å². The number of anilines is 2. The molecule has 1 aliphatic rings. The van der Waals surface area contributed by atoms with E-state index in [1.165, 1.54) is 18.3 Å². The van der Waals surface area contributed by atoms with Gasteiger partial charge in [0.05, 0.1) is 29.6 Å². The van der Waals surface area contributed by atoms with Crippen LogP contribution in [-0.4, -0.2) is 40.8 Å². The van der Waals surface area contributed by atoms with Gasteiger partial charge in [0.1, 0.15) is 5.54 Å². The van der Waals surface area contributed by atoms with Crippen LogP contribution < -0.4 is 21.5 Å². The van der Waals surface area contributed by atoms with Crippen molar-refractivity contribution in [3.63, 3.8) is 0 Å². The van der Waals surface area contributed by atoms with Crippen molar-refractivity contribution >= 4 is 34.8 Å². The minimum atomic E-state index is -4.58. The van der Waals surface area contributed by atoms with Crippen molar-refractivity contribution in [2.45, 2.75) is 24.7 Å². The predicted molar refractivity (Wildman–Crippen MR) is 129 cm³/mol. The largest absolute Gasteiger partial charge is 0.418 e. The summed E-state index contributed by atoms with van der Waals surface area (Å²) in [6.07, 6.45) is -3.18. The number of benzene rings is 2. The number of nitrogens with one attached hydrogen (secondary N) is 4. The van der Waals surface area contributed by atoms with Crippen LogP contribution >= 0.6 is 11.6 Å². The van der Waals surface area contributed by atoms with Gasteiger partial charge in [-0.15, -0.1) is 0 Å². The summed E-state index contributed by atoms with van der Waals surface area (Å²) in [5.41, 5.74) is -1.85. The Morgan fingerprint density at radius 1 is 1.14 bits per heavy atom. The number of hydrogen-bond acceptors (Lipinski definition) is 6. The lowest BCUT2D eigenvalue weighted by molar-refractivity contribution is -0.137. The Bertz CT molecular complexity index is 1360. The summed E-state index contributed by atoms with van der Waals surface area (Å²) < 4.78 is 45.3. The molecular formula is C24H21ClF3N5O4. The summed E-state index contributed by atoms with van der Waals surface area (Å²) in [6.45, 7) is 0.303. The summed E-state index contributed by atoms with van der Waals surface area (Å²) in [4.78, 5) is 37.1. The number of H-pyrrole nitrogens is 1. The highest BCUT2D eigenvalue weighted by atomic mass is 35.5. The second-order valence-corrected chi connectivity index (χ2v) is 8.80. The molecule has 0 radical (unpaired) electrons. The molecule has 1 fully saturated rings. The fourth-order valence-corrected chi connectivity index (χ4v) is 3.93. The molecule has 2 heterocycles. The van der Waals surface area contributed by atoms with Crippen molar-refractivity contribution in [3.05, 3.63) is 86.8 Å². The molecule has 2 amide bonds. The lowest BCUT2D eigenvalue weighted by Gasteiger charge is -2.27. The lowest BCUT2D eigenvalue weighted by atomic mass is 9.96. The molecule has 1 aliphatic heterocycles. The quantitative estimate of drug-likeness (QED) is 0.367. The molecule has 9 nitrogen and oxygen atoms in total. The Morgan fingerprint density at radius 3 is 2.54 bits per heavy atom. The Labute approximate surface area is 213 Å². The molecular weight excluding hydrogens is 515 g/mol. The number of aromatic nitrogens is 2. The van der Waals surface area contributed by atoms with Crippen LogP contribution in [-0.2, 0) is 22.3 Å². The number of carbonyl (C=O) groups excluding carboxylic acids is 2. The Kier molecular flexibility index (Phi) is 7.50. The van der Waals surface area contributed by atoms with Gasteiger partial charge in [-0.2, -0.15) is 18.3 Å². The number of ether oxygens (including phenoxy) is 1. The topological polar surface area (TPSA) is 125 Å². The van der Waals surface area contributed by atoms with E-state index < -0.39 is 34.7 Å². The first-order valence-electron chi connectivity index (χ1n) is 11.0. The van der Waals surface area contributed by atoms with Crippen LogP contribution in [0.5, 0.6) is 0 Å². The van der Waals surface area contributed by atoms with E-state index in [1.807, 2.05) is 0 Å². The minimum Gasteiger partial charge on any atom is -0.378 e.